The SMILES string of the molecule is CCC(C(=O)NC1CCC(N)CC1)n1nnc(-c2ccc(Cl)cc2)n1.Cl. The van der Waals surface area contributed by atoms with Gasteiger partial charge in [-0.15, -0.1) is 22.6 Å². The van der Waals surface area contributed by atoms with Gasteiger partial charge in [-0.05, 0) is 61.6 Å². The summed E-state index contributed by atoms with van der Waals surface area (Å²) < 4.78 is 0. The zero-order valence-corrected chi connectivity index (χ0v) is 16.2. The summed E-state index contributed by atoms with van der Waals surface area (Å²) in [6.07, 6.45) is 4.33. The highest BCUT2D eigenvalue weighted by Crippen LogP contribution is 2.20. The fourth-order valence-corrected chi connectivity index (χ4v) is 3.21. The van der Waals surface area contributed by atoms with Gasteiger partial charge in [0.15, 0.2) is 6.04 Å². The highest BCUT2D eigenvalue weighted by atomic mass is 35.5. The number of nitrogens with zero attached hydrogens (tertiary/aromatic N) is 4. The van der Waals surface area contributed by atoms with Crippen molar-refractivity contribution in [3.05, 3.63) is 29.3 Å². The van der Waals surface area contributed by atoms with Gasteiger partial charge in [0.1, 0.15) is 0 Å². The number of nitrogens with one attached hydrogen (secondary N) is 1. The maximum absolute atomic E-state index is 12.6. The number of benzene rings is 1. The molecule has 3 rings (SSSR count). The van der Waals surface area contributed by atoms with E-state index in [4.69, 9.17) is 17.3 Å². The van der Waals surface area contributed by atoms with Gasteiger partial charge in [0.25, 0.3) is 0 Å². The molecule has 142 valence electrons. The summed E-state index contributed by atoms with van der Waals surface area (Å²) in [5, 5.41) is 16.3. The molecule has 1 fully saturated rings. The van der Waals surface area contributed by atoms with Crippen LogP contribution >= 0.6 is 24.0 Å². The Hall–Kier alpha value is -1.70. The van der Waals surface area contributed by atoms with Crippen molar-refractivity contribution < 1.29 is 4.79 Å². The van der Waals surface area contributed by atoms with Crippen molar-refractivity contribution >= 4 is 29.9 Å². The predicted molar refractivity (Wildman–Crippen MR) is 103 cm³/mol. The van der Waals surface area contributed by atoms with Crippen molar-refractivity contribution in [1.29, 1.82) is 0 Å². The molecule has 1 aromatic heterocycles. The van der Waals surface area contributed by atoms with Crippen LogP contribution in [0.2, 0.25) is 5.02 Å². The van der Waals surface area contributed by atoms with E-state index in [1.807, 2.05) is 19.1 Å². The van der Waals surface area contributed by atoms with E-state index < -0.39 is 6.04 Å². The molecular weight excluding hydrogens is 375 g/mol. The van der Waals surface area contributed by atoms with E-state index in [2.05, 4.69) is 20.7 Å². The number of carbonyl (C=O) groups excluding carboxylic acids is 1. The second kappa shape index (κ2) is 9.30. The van der Waals surface area contributed by atoms with E-state index in [-0.39, 0.29) is 30.4 Å². The molecule has 1 amide bonds. The van der Waals surface area contributed by atoms with E-state index in [1.165, 1.54) is 4.80 Å². The van der Waals surface area contributed by atoms with Crippen LogP contribution in [0.25, 0.3) is 11.4 Å². The van der Waals surface area contributed by atoms with Gasteiger partial charge in [-0.1, -0.05) is 18.5 Å². The standard InChI is InChI=1S/C17H23ClN6O.ClH/c1-2-15(17(25)20-14-9-7-13(19)8-10-14)24-22-16(21-23-24)11-3-5-12(18)6-4-11;/h3-6,13-15H,2,7-10,19H2,1H3,(H,20,25);1H. The Morgan fingerprint density at radius 2 is 1.96 bits per heavy atom. The van der Waals surface area contributed by atoms with Crippen LogP contribution in [0.5, 0.6) is 0 Å². The molecule has 1 atom stereocenters. The number of aromatic nitrogens is 4. The summed E-state index contributed by atoms with van der Waals surface area (Å²) in [5.74, 6) is 0.412. The van der Waals surface area contributed by atoms with Crippen molar-refractivity contribution in [2.24, 2.45) is 5.73 Å². The number of halogens is 2. The summed E-state index contributed by atoms with van der Waals surface area (Å²) in [6, 6.07) is 7.18. The van der Waals surface area contributed by atoms with Crippen LogP contribution in [0.4, 0.5) is 0 Å². The summed E-state index contributed by atoms with van der Waals surface area (Å²) >= 11 is 5.90. The maximum atomic E-state index is 12.6. The third kappa shape index (κ3) is 4.93. The molecule has 1 unspecified atom stereocenters. The Bertz CT molecular complexity index is 712. The Kier molecular flexibility index (Phi) is 7.37. The zero-order chi connectivity index (χ0) is 17.8. The summed E-state index contributed by atoms with van der Waals surface area (Å²) in [4.78, 5) is 14.0. The second-order valence-electron chi connectivity index (χ2n) is 6.48. The van der Waals surface area contributed by atoms with Crippen molar-refractivity contribution in [3.8, 4) is 11.4 Å². The van der Waals surface area contributed by atoms with Crippen molar-refractivity contribution in [1.82, 2.24) is 25.5 Å². The molecule has 0 spiro atoms. The smallest absolute Gasteiger partial charge is 0.247 e. The lowest BCUT2D eigenvalue weighted by Crippen LogP contribution is -2.43. The summed E-state index contributed by atoms with van der Waals surface area (Å²) in [5.41, 5.74) is 6.73. The summed E-state index contributed by atoms with van der Waals surface area (Å²) in [6.45, 7) is 1.94. The fourth-order valence-electron chi connectivity index (χ4n) is 3.09. The molecule has 1 aromatic carbocycles. The van der Waals surface area contributed by atoms with Gasteiger partial charge in [0, 0.05) is 22.7 Å². The highest BCUT2D eigenvalue weighted by Gasteiger charge is 2.26. The number of carbonyl (C=O) groups is 1. The molecule has 7 nitrogen and oxygen atoms in total. The molecule has 26 heavy (non-hydrogen) atoms. The van der Waals surface area contributed by atoms with Crippen LogP contribution in [0.3, 0.4) is 0 Å². The quantitative estimate of drug-likeness (QED) is 0.806. The largest absolute Gasteiger partial charge is 0.351 e. The molecule has 3 N–H and O–H groups in total. The third-order valence-corrected chi connectivity index (χ3v) is 4.87. The number of hydrogen-bond donors (Lipinski definition) is 2. The fraction of sp³-hybridized carbons (Fsp3) is 0.529. The van der Waals surface area contributed by atoms with Crippen LogP contribution in [0.1, 0.15) is 45.1 Å². The molecule has 0 aliphatic heterocycles. The first-order valence-corrected chi connectivity index (χ1v) is 9.06. The average molecular weight is 399 g/mol. The van der Waals surface area contributed by atoms with Crippen LogP contribution in [0.15, 0.2) is 24.3 Å². The van der Waals surface area contributed by atoms with Gasteiger partial charge in [-0.2, -0.15) is 4.80 Å². The molecule has 1 heterocycles. The second-order valence-corrected chi connectivity index (χ2v) is 6.92. The molecule has 2 aromatic rings. The van der Waals surface area contributed by atoms with Crippen molar-refractivity contribution in [2.75, 3.05) is 0 Å². The Morgan fingerprint density at radius 3 is 2.58 bits per heavy atom. The monoisotopic (exact) mass is 398 g/mol. The van der Waals surface area contributed by atoms with E-state index in [0.717, 1.165) is 31.2 Å². The van der Waals surface area contributed by atoms with Gasteiger partial charge >= 0.3 is 0 Å². The van der Waals surface area contributed by atoms with Gasteiger partial charge in [0.05, 0.1) is 0 Å². The zero-order valence-electron chi connectivity index (χ0n) is 14.6. The Labute approximate surface area is 164 Å². The molecule has 1 aliphatic rings. The molecule has 0 saturated heterocycles. The normalized spacial score (nSPS) is 20.9. The Morgan fingerprint density at radius 1 is 1.31 bits per heavy atom. The van der Waals surface area contributed by atoms with E-state index in [1.54, 1.807) is 12.1 Å². The number of hydrogen-bond acceptors (Lipinski definition) is 5. The maximum Gasteiger partial charge on any atom is 0.247 e. The topological polar surface area (TPSA) is 98.7 Å². The lowest BCUT2D eigenvalue weighted by molar-refractivity contribution is -0.126. The van der Waals surface area contributed by atoms with E-state index >= 15 is 0 Å². The number of nitrogens with two attached hydrogens (primary N) is 1. The highest BCUT2D eigenvalue weighted by molar-refractivity contribution is 6.30. The first-order valence-electron chi connectivity index (χ1n) is 8.68. The number of rotatable bonds is 5. The average Bonchev–Trinajstić information content (AvgIpc) is 3.08. The predicted octanol–water partition coefficient (Wildman–Crippen LogP) is 2.75. The first-order chi connectivity index (χ1) is 12.1. The minimum Gasteiger partial charge on any atom is -0.351 e. The van der Waals surface area contributed by atoms with Crippen LogP contribution < -0.4 is 11.1 Å². The van der Waals surface area contributed by atoms with E-state index in [9.17, 15) is 4.79 Å². The first kappa shape index (κ1) is 20.6. The van der Waals surface area contributed by atoms with Gasteiger partial charge in [-0.25, -0.2) is 0 Å². The van der Waals surface area contributed by atoms with Crippen LogP contribution in [0, 0.1) is 0 Å². The molecule has 1 aliphatic carbocycles. The molecular formula is C17H24Cl2N6O. The third-order valence-electron chi connectivity index (χ3n) is 4.62. The molecule has 1 saturated carbocycles. The molecule has 0 bridgehead atoms. The van der Waals surface area contributed by atoms with E-state index in [0.29, 0.717) is 17.3 Å². The van der Waals surface area contributed by atoms with Crippen LogP contribution in [-0.4, -0.2) is 38.2 Å². The van der Waals surface area contributed by atoms with Gasteiger partial charge < -0.3 is 11.1 Å². The van der Waals surface area contributed by atoms with Crippen molar-refractivity contribution in [2.45, 2.75) is 57.2 Å². The minimum absolute atomic E-state index is 0. The lowest BCUT2D eigenvalue weighted by atomic mass is 9.91. The number of amides is 1. The van der Waals surface area contributed by atoms with Crippen molar-refractivity contribution in [3.63, 3.8) is 0 Å². The molecule has 9 heteroatoms. The minimum atomic E-state index is -0.468. The van der Waals surface area contributed by atoms with Gasteiger partial charge in [-0.3, -0.25) is 4.79 Å². The summed E-state index contributed by atoms with van der Waals surface area (Å²) in [7, 11) is 0. The lowest BCUT2D eigenvalue weighted by Gasteiger charge is -2.28. The molecule has 0 radical (unpaired) electrons. The van der Waals surface area contributed by atoms with Gasteiger partial charge in [0.2, 0.25) is 11.7 Å². The Balaban J connectivity index is 0.00000243. The number of tetrazole rings is 1. The van der Waals surface area contributed by atoms with Crippen LogP contribution in [-0.2, 0) is 4.79 Å².